The number of phosphoric acid groups is 1. The van der Waals surface area contributed by atoms with E-state index in [9.17, 15) is 19.0 Å². The summed E-state index contributed by atoms with van der Waals surface area (Å²) < 4.78 is 30.5. The van der Waals surface area contributed by atoms with Gasteiger partial charge in [-0.1, -0.05) is 244 Å². The molecule has 0 aromatic heterocycles. The number of esters is 1. The van der Waals surface area contributed by atoms with Gasteiger partial charge in [0.05, 0.1) is 33.8 Å². The molecule has 3 atom stereocenters. The first-order valence-corrected chi connectivity index (χ1v) is 30.3. The fourth-order valence-corrected chi connectivity index (χ4v) is 9.08. The van der Waals surface area contributed by atoms with Gasteiger partial charge in [0.2, 0.25) is 5.91 Å². The maximum atomic E-state index is 13.4. The van der Waals surface area contributed by atoms with Gasteiger partial charge in [0, 0.05) is 12.8 Å². The van der Waals surface area contributed by atoms with E-state index in [4.69, 9.17) is 13.8 Å². The van der Waals surface area contributed by atoms with Crippen molar-refractivity contribution in [2.45, 2.75) is 283 Å². The molecule has 0 saturated heterocycles. The van der Waals surface area contributed by atoms with Gasteiger partial charge in [-0.2, -0.15) is 0 Å². The minimum Gasteiger partial charge on any atom is -0.456 e. The van der Waals surface area contributed by atoms with Crippen molar-refractivity contribution in [3.05, 3.63) is 36.5 Å². The SMILES string of the molecule is CCCCCCCC/C=C\C/C=C/CCC(=O)NC(COP(=O)(O)OCC[N+](C)(C)C)C(/C=C/CCCCCCCCCCCC)OC(=O)CCCCCCCCCCCCCCCCCCC. The van der Waals surface area contributed by atoms with E-state index in [1.54, 1.807) is 0 Å². The lowest BCUT2D eigenvalue weighted by molar-refractivity contribution is -0.870. The van der Waals surface area contributed by atoms with Crippen LogP contribution in [-0.4, -0.2) is 74.3 Å². The van der Waals surface area contributed by atoms with Crippen molar-refractivity contribution in [2.24, 2.45) is 0 Å². The third-order valence-corrected chi connectivity index (χ3v) is 13.8. The number of phosphoric ester groups is 1. The zero-order valence-corrected chi connectivity index (χ0v) is 46.5. The van der Waals surface area contributed by atoms with Gasteiger partial charge in [0.15, 0.2) is 0 Å². The number of rotatable bonds is 52. The van der Waals surface area contributed by atoms with Crippen molar-refractivity contribution in [2.75, 3.05) is 40.9 Å². The zero-order chi connectivity index (χ0) is 50.1. The average molecular weight is 981 g/mol. The Balaban J connectivity index is 5.37. The topological polar surface area (TPSA) is 111 Å². The van der Waals surface area contributed by atoms with E-state index < -0.39 is 20.0 Å². The number of allylic oxidation sites excluding steroid dienone is 5. The Morgan fingerprint density at radius 1 is 0.515 bits per heavy atom. The highest BCUT2D eigenvalue weighted by atomic mass is 31.2. The molecule has 0 aliphatic carbocycles. The van der Waals surface area contributed by atoms with Gasteiger partial charge >= 0.3 is 13.8 Å². The molecule has 400 valence electrons. The smallest absolute Gasteiger partial charge is 0.456 e. The molecule has 0 aliphatic heterocycles. The molecule has 0 bridgehead atoms. The number of nitrogens with one attached hydrogen (secondary N) is 1. The lowest BCUT2D eigenvalue weighted by atomic mass is 10.0. The van der Waals surface area contributed by atoms with Crippen LogP contribution in [0.15, 0.2) is 36.5 Å². The molecule has 10 heteroatoms. The van der Waals surface area contributed by atoms with Crippen molar-refractivity contribution >= 4 is 19.7 Å². The van der Waals surface area contributed by atoms with E-state index >= 15 is 0 Å². The summed E-state index contributed by atoms with van der Waals surface area (Å²) in [5.74, 6) is -0.574. The molecule has 68 heavy (non-hydrogen) atoms. The summed E-state index contributed by atoms with van der Waals surface area (Å²) >= 11 is 0. The van der Waals surface area contributed by atoms with Crippen molar-refractivity contribution in [1.82, 2.24) is 5.32 Å². The molecule has 0 fully saturated rings. The van der Waals surface area contributed by atoms with E-state index in [0.717, 1.165) is 51.4 Å². The molecule has 2 N–H and O–H groups in total. The Labute approximate surface area is 421 Å². The van der Waals surface area contributed by atoms with Gasteiger partial charge < -0.3 is 19.4 Å². The molecule has 0 heterocycles. The number of hydrogen-bond acceptors (Lipinski definition) is 6. The van der Waals surface area contributed by atoms with Crippen LogP contribution in [0.1, 0.15) is 271 Å². The normalized spacial score (nSPS) is 14.0. The highest BCUT2D eigenvalue weighted by molar-refractivity contribution is 7.47. The zero-order valence-electron chi connectivity index (χ0n) is 45.6. The van der Waals surface area contributed by atoms with Crippen molar-refractivity contribution < 1.29 is 37.3 Å². The van der Waals surface area contributed by atoms with Gasteiger partial charge in [-0.15, -0.1) is 0 Å². The molecule has 0 saturated carbocycles. The molecular weight excluding hydrogens is 868 g/mol. The molecule has 9 nitrogen and oxygen atoms in total. The second-order valence-corrected chi connectivity index (χ2v) is 22.3. The number of quaternary nitrogens is 1. The molecule has 0 aliphatic rings. The predicted molar refractivity (Wildman–Crippen MR) is 291 cm³/mol. The lowest BCUT2D eigenvalue weighted by Gasteiger charge is -2.27. The maximum Gasteiger partial charge on any atom is 0.472 e. The minimum absolute atomic E-state index is 0.0331. The number of amides is 1. The molecule has 0 radical (unpaired) electrons. The summed E-state index contributed by atoms with van der Waals surface area (Å²) in [6, 6.07) is -0.873. The number of ether oxygens (including phenoxy) is 1. The van der Waals surface area contributed by atoms with Crippen LogP contribution in [0.3, 0.4) is 0 Å². The second-order valence-electron chi connectivity index (χ2n) is 20.8. The largest absolute Gasteiger partial charge is 0.472 e. The number of carbonyl (C=O) groups excluding carboxylic acids is 2. The average Bonchev–Trinajstić information content (AvgIpc) is 3.29. The monoisotopic (exact) mass is 980 g/mol. The van der Waals surface area contributed by atoms with E-state index in [2.05, 4.69) is 44.3 Å². The number of likely N-dealkylation sites (N-methyl/N-ethyl adjacent to an activating group) is 1. The summed E-state index contributed by atoms with van der Waals surface area (Å²) in [6.07, 6.45) is 57.3. The van der Waals surface area contributed by atoms with Crippen LogP contribution in [0, 0.1) is 0 Å². The quantitative estimate of drug-likeness (QED) is 0.0205. The summed E-state index contributed by atoms with van der Waals surface area (Å²) in [6.45, 7) is 6.98. The molecule has 0 rings (SSSR count). The number of unbranched alkanes of at least 4 members (excludes halogenated alkanes) is 32. The van der Waals surface area contributed by atoms with Crippen LogP contribution >= 0.6 is 7.82 Å². The van der Waals surface area contributed by atoms with Crippen LogP contribution in [0.5, 0.6) is 0 Å². The van der Waals surface area contributed by atoms with E-state index in [1.807, 2.05) is 39.4 Å². The fraction of sp³-hybridized carbons (Fsp3) is 0.862. The van der Waals surface area contributed by atoms with Gasteiger partial charge in [-0.3, -0.25) is 18.6 Å². The molecule has 0 aromatic rings. The van der Waals surface area contributed by atoms with E-state index in [1.165, 1.54) is 180 Å². The first-order valence-electron chi connectivity index (χ1n) is 28.8. The van der Waals surface area contributed by atoms with Crippen LogP contribution in [0.25, 0.3) is 0 Å². The molecule has 3 unspecified atom stereocenters. The third kappa shape index (κ3) is 49.2. The van der Waals surface area contributed by atoms with Gasteiger partial charge in [-0.05, 0) is 51.0 Å². The molecular formula is C58H112N2O7P+. The highest BCUT2D eigenvalue weighted by Crippen LogP contribution is 2.43. The number of hydrogen-bond donors (Lipinski definition) is 2. The summed E-state index contributed by atoms with van der Waals surface area (Å²) in [5.41, 5.74) is 0. The van der Waals surface area contributed by atoms with E-state index in [-0.39, 0.29) is 37.9 Å². The first-order chi connectivity index (χ1) is 32.9. The second kappa shape index (κ2) is 48.8. The van der Waals surface area contributed by atoms with Crippen molar-refractivity contribution in [1.29, 1.82) is 0 Å². The highest BCUT2D eigenvalue weighted by Gasteiger charge is 2.30. The Hall–Kier alpha value is -1.77. The Kier molecular flexibility index (Phi) is 47.6. The minimum atomic E-state index is -4.45. The van der Waals surface area contributed by atoms with Crippen LogP contribution < -0.4 is 5.32 Å². The predicted octanol–water partition coefficient (Wildman–Crippen LogP) is 17.2. The van der Waals surface area contributed by atoms with Crippen molar-refractivity contribution in [3.8, 4) is 0 Å². The van der Waals surface area contributed by atoms with Crippen molar-refractivity contribution in [3.63, 3.8) is 0 Å². The van der Waals surface area contributed by atoms with Crippen LogP contribution in [-0.2, 0) is 27.9 Å². The summed E-state index contributed by atoms with van der Waals surface area (Å²) in [5, 5.41) is 3.01. The summed E-state index contributed by atoms with van der Waals surface area (Å²) in [7, 11) is 1.47. The molecule has 0 spiro atoms. The van der Waals surface area contributed by atoms with Gasteiger partial charge in [0.1, 0.15) is 19.3 Å². The summed E-state index contributed by atoms with van der Waals surface area (Å²) in [4.78, 5) is 37.5. The number of nitrogens with zero attached hydrogens (tertiary/aromatic N) is 1. The Bertz CT molecular complexity index is 1270. The van der Waals surface area contributed by atoms with Gasteiger partial charge in [0.25, 0.3) is 0 Å². The standard InChI is InChI=1S/C58H111N2O7P/c1-7-10-13-16-19-22-25-28-29-30-31-33-36-39-42-45-48-51-58(62)67-56(49-46-43-40-37-34-27-24-21-18-15-12-9-3)55(54-66-68(63,64)65-53-52-60(4,5)6)59-57(61)50-47-44-41-38-35-32-26-23-20-17-14-11-8-2/h32,35,41,44,46,49,55-56H,7-31,33-34,36-40,42-43,45,47-48,50-54H2,1-6H3,(H-,59,61,63,64)/p+1/b35-32-,44-41+,49-46+. The van der Waals surface area contributed by atoms with Crippen LogP contribution in [0.2, 0.25) is 0 Å². The van der Waals surface area contributed by atoms with Crippen LogP contribution in [0.4, 0.5) is 0 Å². The maximum absolute atomic E-state index is 13.4. The fourth-order valence-electron chi connectivity index (χ4n) is 8.34. The number of carbonyl (C=O) groups is 2. The molecule has 1 amide bonds. The first kappa shape index (κ1) is 66.2. The van der Waals surface area contributed by atoms with E-state index in [0.29, 0.717) is 17.4 Å². The third-order valence-electron chi connectivity index (χ3n) is 12.8. The Morgan fingerprint density at radius 3 is 1.35 bits per heavy atom. The molecule has 0 aromatic carbocycles. The Morgan fingerprint density at radius 2 is 0.912 bits per heavy atom. The van der Waals surface area contributed by atoms with Gasteiger partial charge in [-0.25, -0.2) is 4.57 Å². The lowest BCUT2D eigenvalue weighted by Crippen LogP contribution is -2.47.